The molecule has 0 amide bonds. The second-order valence-corrected chi connectivity index (χ2v) is 6.22. The van der Waals surface area contributed by atoms with Gasteiger partial charge in [0.25, 0.3) is 0 Å². The molecule has 0 saturated carbocycles. The van der Waals surface area contributed by atoms with Gasteiger partial charge in [-0.1, -0.05) is 36.4 Å². The van der Waals surface area contributed by atoms with Crippen molar-refractivity contribution in [3.05, 3.63) is 59.7 Å². The summed E-state index contributed by atoms with van der Waals surface area (Å²) in [6.45, 7) is 2.97. The van der Waals surface area contributed by atoms with E-state index < -0.39 is 0 Å². The lowest BCUT2D eigenvalue weighted by molar-refractivity contribution is 0.174. The van der Waals surface area contributed by atoms with Crippen LogP contribution in [0.15, 0.2) is 53.6 Å². The summed E-state index contributed by atoms with van der Waals surface area (Å²) in [5.41, 5.74) is 6.26. The first-order valence-electron chi connectivity index (χ1n) is 8.20. The molecule has 2 aromatic carbocycles. The molecule has 130 valence electrons. The third-order valence-electron chi connectivity index (χ3n) is 3.86. The molecule has 0 saturated heterocycles. The first-order chi connectivity index (χ1) is 12.2. The van der Waals surface area contributed by atoms with Gasteiger partial charge in [0, 0.05) is 12.3 Å². The summed E-state index contributed by atoms with van der Waals surface area (Å²) in [4.78, 5) is 0. The number of nitrogens with one attached hydrogen (secondary N) is 2. The van der Waals surface area contributed by atoms with Gasteiger partial charge in [-0.05, 0) is 55.2 Å². The summed E-state index contributed by atoms with van der Waals surface area (Å²) in [6, 6.07) is 16.1. The van der Waals surface area contributed by atoms with E-state index in [0.29, 0.717) is 18.5 Å². The molecule has 0 aromatic heterocycles. The molecule has 0 fully saturated rings. The Balaban J connectivity index is 1.41. The van der Waals surface area contributed by atoms with Gasteiger partial charge in [0.05, 0.1) is 0 Å². The van der Waals surface area contributed by atoms with Crippen LogP contribution in [0, 0.1) is 0 Å². The first-order valence-corrected chi connectivity index (χ1v) is 8.61. The Labute approximate surface area is 153 Å². The zero-order valence-corrected chi connectivity index (χ0v) is 14.9. The fraction of sp³-hybridized carbons (Fsp3) is 0.263. The standard InChI is InChI=1S/C19H21N3O2S/c1-14(7-8-15-9-10-17-18(11-15)24-13-23-17)21-22-19(25)20-12-16-5-3-2-4-6-16/h2-6,9-11H,7-8,12-13H2,1H3,(H2,20,22,25)/b21-14+. The first kappa shape index (κ1) is 17.2. The van der Waals surface area contributed by atoms with Gasteiger partial charge in [-0.2, -0.15) is 5.10 Å². The van der Waals surface area contributed by atoms with Crippen LogP contribution in [0.5, 0.6) is 11.5 Å². The lowest BCUT2D eigenvalue weighted by Gasteiger charge is -2.08. The summed E-state index contributed by atoms with van der Waals surface area (Å²) >= 11 is 5.24. The lowest BCUT2D eigenvalue weighted by Crippen LogP contribution is -2.32. The van der Waals surface area contributed by atoms with Crippen molar-refractivity contribution in [3.63, 3.8) is 0 Å². The highest BCUT2D eigenvalue weighted by Crippen LogP contribution is 2.32. The molecular formula is C19H21N3O2S. The average Bonchev–Trinajstić information content (AvgIpc) is 3.11. The zero-order valence-electron chi connectivity index (χ0n) is 14.1. The summed E-state index contributed by atoms with van der Waals surface area (Å²) in [7, 11) is 0. The minimum absolute atomic E-state index is 0.302. The summed E-state index contributed by atoms with van der Waals surface area (Å²) in [6.07, 6.45) is 1.73. The van der Waals surface area contributed by atoms with Gasteiger partial charge < -0.3 is 14.8 Å². The van der Waals surface area contributed by atoms with Crippen molar-refractivity contribution < 1.29 is 9.47 Å². The molecule has 25 heavy (non-hydrogen) atoms. The Morgan fingerprint density at radius 3 is 2.72 bits per heavy atom. The second-order valence-electron chi connectivity index (χ2n) is 5.81. The average molecular weight is 355 g/mol. The van der Waals surface area contributed by atoms with E-state index in [1.54, 1.807) is 0 Å². The predicted octanol–water partition coefficient (Wildman–Crippen LogP) is 3.39. The van der Waals surface area contributed by atoms with Crippen LogP contribution in [0.2, 0.25) is 0 Å². The van der Waals surface area contributed by atoms with Crippen molar-refractivity contribution in [2.45, 2.75) is 26.3 Å². The van der Waals surface area contributed by atoms with E-state index in [2.05, 4.69) is 34.0 Å². The molecular weight excluding hydrogens is 334 g/mol. The quantitative estimate of drug-likeness (QED) is 0.473. The third kappa shape index (κ3) is 5.19. The van der Waals surface area contributed by atoms with Gasteiger partial charge >= 0.3 is 0 Å². The number of thiocarbonyl (C=S) groups is 1. The van der Waals surface area contributed by atoms with Crippen LogP contribution in [0.25, 0.3) is 0 Å². The van der Waals surface area contributed by atoms with Gasteiger partial charge in [0.2, 0.25) is 6.79 Å². The van der Waals surface area contributed by atoms with E-state index in [-0.39, 0.29) is 0 Å². The predicted molar refractivity (Wildman–Crippen MR) is 103 cm³/mol. The van der Waals surface area contributed by atoms with E-state index in [0.717, 1.165) is 30.1 Å². The maximum absolute atomic E-state index is 5.40. The number of benzene rings is 2. The lowest BCUT2D eigenvalue weighted by atomic mass is 10.1. The normalized spacial score (nSPS) is 12.8. The molecule has 1 heterocycles. The minimum Gasteiger partial charge on any atom is -0.454 e. The second kappa shape index (κ2) is 8.48. The van der Waals surface area contributed by atoms with Gasteiger partial charge in [0.1, 0.15) is 0 Å². The maximum atomic E-state index is 5.40. The molecule has 0 atom stereocenters. The number of hydrazone groups is 1. The Morgan fingerprint density at radius 2 is 1.88 bits per heavy atom. The summed E-state index contributed by atoms with van der Waals surface area (Å²) in [5.74, 6) is 1.63. The van der Waals surface area contributed by atoms with E-state index in [4.69, 9.17) is 21.7 Å². The number of nitrogens with zero attached hydrogens (tertiary/aromatic N) is 1. The van der Waals surface area contributed by atoms with Crippen molar-refractivity contribution in [1.82, 2.24) is 10.7 Å². The van der Waals surface area contributed by atoms with Crippen molar-refractivity contribution in [2.24, 2.45) is 5.10 Å². The zero-order chi connectivity index (χ0) is 17.5. The van der Waals surface area contributed by atoms with E-state index in [9.17, 15) is 0 Å². The number of rotatable bonds is 6. The molecule has 2 N–H and O–H groups in total. The molecule has 0 radical (unpaired) electrons. The van der Waals surface area contributed by atoms with Crippen LogP contribution >= 0.6 is 12.2 Å². The Kier molecular flexibility index (Phi) is 5.85. The van der Waals surface area contributed by atoms with Gasteiger partial charge in [0.15, 0.2) is 16.6 Å². The fourth-order valence-electron chi connectivity index (χ4n) is 2.44. The molecule has 1 aliphatic heterocycles. The SMILES string of the molecule is C/C(CCc1ccc2c(c1)OCO2)=N\NC(=S)NCc1ccccc1. The van der Waals surface area contributed by atoms with E-state index >= 15 is 0 Å². The summed E-state index contributed by atoms with van der Waals surface area (Å²) < 4.78 is 10.7. The molecule has 5 nitrogen and oxygen atoms in total. The molecule has 0 aliphatic carbocycles. The molecule has 6 heteroatoms. The Morgan fingerprint density at radius 1 is 1.08 bits per heavy atom. The highest BCUT2D eigenvalue weighted by molar-refractivity contribution is 7.80. The Hall–Kier alpha value is -2.60. The molecule has 2 aromatic rings. The maximum Gasteiger partial charge on any atom is 0.231 e. The van der Waals surface area contributed by atoms with Crippen molar-refractivity contribution in [3.8, 4) is 11.5 Å². The third-order valence-corrected chi connectivity index (χ3v) is 4.09. The minimum atomic E-state index is 0.302. The van der Waals surface area contributed by atoms with Crippen LogP contribution in [0.3, 0.4) is 0 Å². The summed E-state index contributed by atoms with van der Waals surface area (Å²) in [5, 5.41) is 7.99. The van der Waals surface area contributed by atoms with Crippen LogP contribution in [-0.4, -0.2) is 17.6 Å². The van der Waals surface area contributed by atoms with Crippen LogP contribution < -0.4 is 20.2 Å². The number of ether oxygens (including phenoxy) is 2. The number of hydrogen-bond donors (Lipinski definition) is 2. The molecule has 0 unspecified atom stereocenters. The molecule has 1 aliphatic rings. The van der Waals surface area contributed by atoms with Crippen LogP contribution in [0.4, 0.5) is 0 Å². The van der Waals surface area contributed by atoms with Gasteiger partial charge in [-0.3, -0.25) is 5.43 Å². The van der Waals surface area contributed by atoms with Crippen LogP contribution in [0.1, 0.15) is 24.5 Å². The fourth-order valence-corrected chi connectivity index (χ4v) is 2.56. The molecule has 0 bridgehead atoms. The van der Waals surface area contributed by atoms with E-state index in [1.807, 2.05) is 37.3 Å². The molecule has 3 rings (SSSR count). The monoisotopic (exact) mass is 355 g/mol. The van der Waals surface area contributed by atoms with Gasteiger partial charge in [-0.25, -0.2) is 0 Å². The number of fused-ring (bicyclic) bond motifs is 1. The largest absolute Gasteiger partial charge is 0.454 e. The van der Waals surface area contributed by atoms with Crippen molar-refractivity contribution in [2.75, 3.05) is 6.79 Å². The van der Waals surface area contributed by atoms with Gasteiger partial charge in [-0.15, -0.1) is 0 Å². The highest BCUT2D eigenvalue weighted by Gasteiger charge is 2.12. The Bertz CT molecular complexity index is 763. The highest BCUT2D eigenvalue weighted by atomic mass is 32.1. The van der Waals surface area contributed by atoms with Crippen LogP contribution in [-0.2, 0) is 13.0 Å². The smallest absolute Gasteiger partial charge is 0.231 e. The topological polar surface area (TPSA) is 54.9 Å². The number of aryl methyl sites for hydroxylation is 1. The van der Waals surface area contributed by atoms with Crippen molar-refractivity contribution >= 4 is 23.0 Å². The molecule has 0 spiro atoms. The number of hydrogen-bond acceptors (Lipinski definition) is 4. The van der Waals surface area contributed by atoms with Crippen molar-refractivity contribution in [1.29, 1.82) is 0 Å². The van der Waals surface area contributed by atoms with E-state index in [1.165, 1.54) is 11.1 Å².